The molecule has 1 aromatic carbocycles. The van der Waals surface area contributed by atoms with Crippen LogP contribution in [-0.4, -0.2) is 34.2 Å². The number of aromatic nitrogens is 3. The molecule has 0 spiro atoms. The molecule has 0 unspecified atom stereocenters. The van der Waals surface area contributed by atoms with Gasteiger partial charge in [0.15, 0.2) is 17.4 Å². The Balaban J connectivity index is 1.44. The Kier molecular flexibility index (Phi) is 5.79. The predicted molar refractivity (Wildman–Crippen MR) is 117 cm³/mol. The Morgan fingerprint density at radius 1 is 1.07 bits per heavy atom. The molecule has 6 nitrogen and oxygen atoms in total. The van der Waals surface area contributed by atoms with E-state index in [1.165, 1.54) is 43.2 Å². The van der Waals surface area contributed by atoms with Crippen LogP contribution >= 0.6 is 0 Å². The van der Waals surface area contributed by atoms with E-state index in [4.69, 9.17) is 0 Å². The van der Waals surface area contributed by atoms with Gasteiger partial charge in [0.2, 0.25) is 0 Å². The lowest BCUT2D eigenvalue weighted by atomic mass is 9.69. The Morgan fingerprint density at radius 3 is 2.72 bits per heavy atom. The van der Waals surface area contributed by atoms with E-state index in [-0.39, 0.29) is 5.41 Å². The summed E-state index contributed by atoms with van der Waals surface area (Å²) in [4.78, 5) is 4.43. The molecule has 1 fully saturated rings. The molecule has 2 heterocycles. The highest BCUT2D eigenvalue weighted by Crippen LogP contribution is 2.39. The van der Waals surface area contributed by atoms with Crippen molar-refractivity contribution in [3.63, 3.8) is 0 Å². The number of pyridine rings is 1. The zero-order valence-corrected chi connectivity index (χ0v) is 17.4. The number of nitrogens with one attached hydrogen (secondary N) is 2. The Morgan fingerprint density at radius 2 is 1.93 bits per heavy atom. The third-order valence-corrected chi connectivity index (χ3v) is 6.06. The number of benzene rings is 1. The highest BCUT2D eigenvalue weighted by atomic mass is 15.3. The molecule has 6 heteroatoms. The molecule has 0 saturated heterocycles. The maximum Gasteiger partial charge on any atom is 0.191 e. The summed E-state index contributed by atoms with van der Waals surface area (Å²) in [5, 5.41) is 15.5. The van der Waals surface area contributed by atoms with Crippen LogP contribution in [0.15, 0.2) is 53.7 Å². The molecule has 29 heavy (non-hydrogen) atoms. The zero-order valence-electron chi connectivity index (χ0n) is 17.4. The third-order valence-electron chi connectivity index (χ3n) is 6.06. The average Bonchev–Trinajstić information content (AvgIpc) is 3.18. The van der Waals surface area contributed by atoms with Crippen molar-refractivity contribution in [1.82, 2.24) is 25.2 Å². The van der Waals surface area contributed by atoms with E-state index in [1.54, 1.807) is 0 Å². The van der Waals surface area contributed by atoms with Crippen molar-refractivity contribution in [1.29, 1.82) is 0 Å². The third kappa shape index (κ3) is 4.26. The predicted octanol–water partition coefficient (Wildman–Crippen LogP) is 3.60. The highest BCUT2D eigenvalue weighted by Gasteiger charge is 2.34. The van der Waals surface area contributed by atoms with E-state index in [9.17, 15) is 0 Å². The molecule has 0 atom stereocenters. The molecule has 4 rings (SSSR count). The minimum absolute atomic E-state index is 0.170. The lowest BCUT2D eigenvalue weighted by Crippen LogP contribution is -2.46. The van der Waals surface area contributed by atoms with Gasteiger partial charge >= 0.3 is 0 Å². The van der Waals surface area contributed by atoms with Gasteiger partial charge in [0.25, 0.3) is 0 Å². The first-order valence-electron chi connectivity index (χ1n) is 10.5. The number of nitrogens with zero attached hydrogens (tertiary/aromatic N) is 4. The first-order chi connectivity index (χ1) is 14.2. The lowest BCUT2D eigenvalue weighted by molar-refractivity contribution is 0.291. The number of rotatable bonds is 5. The highest BCUT2D eigenvalue weighted by molar-refractivity contribution is 5.79. The van der Waals surface area contributed by atoms with Crippen LogP contribution in [0.4, 0.5) is 0 Å². The molecule has 1 aliphatic rings. The number of hydrogen-bond acceptors (Lipinski definition) is 3. The van der Waals surface area contributed by atoms with E-state index in [2.05, 4.69) is 57.0 Å². The second kappa shape index (κ2) is 8.64. The largest absolute Gasteiger partial charge is 0.356 e. The second-order valence-electron chi connectivity index (χ2n) is 8.03. The van der Waals surface area contributed by atoms with Gasteiger partial charge in [-0.25, -0.2) is 0 Å². The quantitative estimate of drug-likeness (QED) is 0.516. The number of aryl methyl sites for hydroxylation is 1. The van der Waals surface area contributed by atoms with Crippen LogP contribution in [0, 0.1) is 6.92 Å². The van der Waals surface area contributed by atoms with Gasteiger partial charge in [-0.1, -0.05) is 55.2 Å². The van der Waals surface area contributed by atoms with Gasteiger partial charge in [-0.3, -0.25) is 9.39 Å². The number of fused-ring (bicyclic) bond motifs is 1. The smallest absolute Gasteiger partial charge is 0.191 e. The summed E-state index contributed by atoms with van der Waals surface area (Å²) < 4.78 is 2.00. The lowest BCUT2D eigenvalue weighted by Gasteiger charge is -2.38. The summed E-state index contributed by atoms with van der Waals surface area (Å²) in [5.41, 5.74) is 3.80. The van der Waals surface area contributed by atoms with Crippen LogP contribution in [0.1, 0.15) is 49.1 Å². The fourth-order valence-corrected chi connectivity index (χ4v) is 4.42. The fraction of sp³-hybridized carbons (Fsp3) is 0.435. The molecule has 2 N–H and O–H groups in total. The Hall–Kier alpha value is -2.89. The minimum atomic E-state index is 0.170. The SMILES string of the molecule is CN=C(NCc1nnc2ccccn12)NCC1(c2cccc(C)c2)CCCCC1. The van der Waals surface area contributed by atoms with Gasteiger partial charge in [-0.05, 0) is 37.5 Å². The van der Waals surface area contributed by atoms with Crippen molar-refractivity contribution in [2.24, 2.45) is 4.99 Å². The molecular weight excluding hydrogens is 360 g/mol. The van der Waals surface area contributed by atoms with Crippen molar-refractivity contribution in [3.8, 4) is 0 Å². The van der Waals surface area contributed by atoms with E-state index >= 15 is 0 Å². The molecule has 1 saturated carbocycles. The van der Waals surface area contributed by atoms with Crippen molar-refractivity contribution in [2.45, 2.75) is 51.0 Å². The Bertz CT molecular complexity index is 984. The number of aliphatic imine (C=N–C) groups is 1. The normalized spacial score (nSPS) is 16.7. The molecule has 3 aromatic rings. The first-order valence-corrected chi connectivity index (χ1v) is 10.5. The summed E-state index contributed by atoms with van der Waals surface area (Å²) in [6, 6.07) is 14.9. The average molecular weight is 391 g/mol. The maximum atomic E-state index is 4.43. The van der Waals surface area contributed by atoms with Crippen LogP contribution in [0.5, 0.6) is 0 Å². The standard InChI is InChI=1S/C23H30N6/c1-18-9-8-10-19(15-18)23(12-5-3-6-13-23)17-26-22(24-2)25-16-21-28-27-20-11-4-7-14-29(20)21/h4,7-11,14-15H,3,5-6,12-13,16-17H2,1-2H3,(H2,24,25,26). The van der Waals surface area contributed by atoms with Gasteiger partial charge in [-0.2, -0.15) is 0 Å². The van der Waals surface area contributed by atoms with E-state index in [1.807, 2.05) is 35.8 Å². The Labute approximate surface area is 172 Å². The van der Waals surface area contributed by atoms with E-state index in [0.29, 0.717) is 6.54 Å². The summed E-state index contributed by atoms with van der Waals surface area (Å²) in [7, 11) is 1.82. The zero-order chi connectivity index (χ0) is 20.1. The van der Waals surface area contributed by atoms with Crippen LogP contribution in [0.3, 0.4) is 0 Å². The van der Waals surface area contributed by atoms with Crippen LogP contribution in [0.2, 0.25) is 0 Å². The van der Waals surface area contributed by atoms with Crippen LogP contribution in [-0.2, 0) is 12.0 Å². The molecular formula is C23H30N6. The molecule has 0 radical (unpaired) electrons. The van der Waals surface area contributed by atoms with Gasteiger partial charge < -0.3 is 10.6 Å². The molecule has 0 bridgehead atoms. The van der Waals surface area contributed by atoms with Gasteiger partial charge in [0.05, 0.1) is 6.54 Å². The van der Waals surface area contributed by atoms with E-state index in [0.717, 1.165) is 24.0 Å². The van der Waals surface area contributed by atoms with Crippen molar-refractivity contribution >= 4 is 11.6 Å². The van der Waals surface area contributed by atoms with E-state index < -0.39 is 0 Å². The monoisotopic (exact) mass is 390 g/mol. The fourth-order valence-electron chi connectivity index (χ4n) is 4.42. The summed E-state index contributed by atoms with van der Waals surface area (Å²) in [6.07, 6.45) is 8.32. The summed E-state index contributed by atoms with van der Waals surface area (Å²) in [6.45, 7) is 3.63. The van der Waals surface area contributed by atoms with Crippen LogP contribution in [0.25, 0.3) is 5.65 Å². The number of guanidine groups is 1. The molecule has 0 aliphatic heterocycles. The first kappa shape index (κ1) is 19.4. The van der Waals surface area contributed by atoms with Crippen LogP contribution < -0.4 is 10.6 Å². The van der Waals surface area contributed by atoms with Crippen molar-refractivity contribution < 1.29 is 0 Å². The van der Waals surface area contributed by atoms with Gasteiger partial charge in [-0.15, -0.1) is 10.2 Å². The molecule has 1 aliphatic carbocycles. The minimum Gasteiger partial charge on any atom is -0.356 e. The topological polar surface area (TPSA) is 66.6 Å². The maximum absolute atomic E-state index is 4.43. The second-order valence-corrected chi connectivity index (χ2v) is 8.03. The summed E-state index contributed by atoms with van der Waals surface area (Å²) >= 11 is 0. The molecule has 152 valence electrons. The van der Waals surface area contributed by atoms with Gasteiger partial charge in [0, 0.05) is 25.2 Å². The van der Waals surface area contributed by atoms with Crippen molar-refractivity contribution in [3.05, 3.63) is 65.6 Å². The van der Waals surface area contributed by atoms with Gasteiger partial charge in [0.1, 0.15) is 0 Å². The number of hydrogen-bond donors (Lipinski definition) is 2. The van der Waals surface area contributed by atoms with Crippen molar-refractivity contribution in [2.75, 3.05) is 13.6 Å². The molecule has 0 amide bonds. The molecule has 2 aromatic heterocycles. The summed E-state index contributed by atoms with van der Waals surface area (Å²) in [5.74, 6) is 1.67.